The molecule has 0 aliphatic heterocycles. The molecule has 7 heteroatoms. The Hall–Kier alpha value is -3.19. The van der Waals surface area contributed by atoms with Gasteiger partial charge in [0.25, 0.3) is 0 Å². The Morgan fingerprint density at radius 2 is 1.67 bits per heavy atom. The van der Waals surface area contributed by atoms with E-state index in [9.17, 15) is 19.5 Å². The Morgan fingerprint density at radius 1 is 1.03 bits per heavy atom. The molecule has 2 unspecified atom stereocenters. The van der Waals surface area contributed by atoms with Crippen LogP contribution in [0.4, 0.5) is 4.79 Å². The number of nitrogens with zero attached hydrogens (tertiary/aromatic N) is 1. The van der Waals surface area contributed by atoms with Crippen LogP contribution in [0.5, 0.6) is 0 Å². The van der Waals surface area contributed by atoms with Crippen molar-refractivity contribution in [3.05, 3.63) is 71.8 Å². The van der Waals surface area contributed by atoms with E-state index in [0.29, 0.717) is 30.7 Å². The van der Waals surface area contributed by atoms with Crippen LogP contribution in [0.3, 0.4) is 0 Å². The first kappa shape index (κ1) is 26.1. The summed E-state index contributed by atoms with van der Waals surface area (Å²) in [6, 6.07) is 16.6. The van der Waals surface area contributed by atoms with Crippen molar-refractivity contribution in [1.82, 2.24) is 10.2 Å². The maximum Gasteiger partial charge on any atom is 0.408 e. The molecule has 33 heavy (non-hydrogen) atoms. The number of nitrogens with one attached hydrogen (secondary N) is 1. The van der Waals surface area contributed by atoms with E-state index in [1.165, 1.54) is 4.90 Å². The standard InChI is InChI=1S/C26H34N2O5/c1-20(2)14-15-23(27-26(32)33-19-21-10-5-3-6-11-21)25(31)28(16-9-17-29)24(18-30)22-12-7-4-8-13-22/h3-8,10-13,18,20,23-24,29H,9,14-17,19H2,1-2H3,(H,27,32). The normalized spacial score (nSPS) is 12.6. The smallest absolute Gasteiger partial charge is 0.408 e. The molecule has 2 aromatic carbocycles. The number of hydrogen-bond acceptors (Lipinski definition) is 5. The fourth-order valence-electron chi connectivity index (χ4n) is 3.47. The maximum absolute atomic E-state index is 13.6. The zero-order chi connectivity index (χ0) is 24.1. The molecule has 2 amide bonds. The van der Waals surface area contributed by atoms with Crippen molar-refractivity contribution >= 4 is 18.3 Å². The fraction of sp³-hybridized carbons (Fsp3) is 0.423. The number of carbonyl (C=O) groups excluding carboxylic acids is 3. The quantitative estimate of drug-likeness (QED) is 0.448. The molecule has 0 aliphatic rings. The molecule has 178 valence electrons. The first-order valence-electron chi connectivity index (χ1n) is 11.3. The maximum atomic E-state index is 13.6. The van der Waals surface area contributed by atoms with Gasteiger partial charge in [-0.3, -0.25) is 4.79 Å². The van der Waals surface area contributed by atoms with Gasteiger partial charge in [0.15, 0.2) is 0 Å². The minimum atomic E-state index is -0.847. The minimum Gasteiger partial charge on any atom is -0.445 e. The van der Waals surface area contributed by atoms with Crippen molar-refractivity contribution in [2.24, 2.45) is 5.92 Å². The Kier molecular flexibility index (Phi) is 11.1. The molecule has 0 aliphatic carbocycles. The van der Waals surface area contributed by atoms with Crippen molar-refractivity contribution in [3.8, 4) is 0 Å². The summed E-state index contributed by atoms with van der Waals surface area (Å²) in [6.45, 7) is 4.24. The molecule has 0 saturated carbocycles. The molecular weight excluding hydrogens is 420 g/mol. The van der Waals surface area contributed by atoms with E-state index < -0.39 is 18.2 Å². The number of rotatable bonds is 13. The zero-order valence-corrected chi connectivity index (χ0v) is 19.4. The van der Waals surface area contributed by atoms with Gasteiger partial charge in [-0.25, -0.2) is 4.79 Å². The highest BCUT2D eigenvalue weighted by atomic mass is 16.5. The summed E-state index contributed by atoms with van der Waals surface area (Å²) in [6.07, 6.45) is 1.47. The van der Waals surface area contributed by atoms with Gasteiger partial charge in [0.05, 0.1) is 0 Å². The van der Waals surface area contributed by atoms with Crippen LogP contribution in [0.25, 0.3) is 0 Å². The molecule has 0 saturated heterocycles. The van der Waals surface area contributed by atoms with Gasteiger partial charge in [-0.1, -0.05) is 74.5 Å². The van der Waals surface area contributed by atoms with E-state index in [4.69, 9.17) is 4.74 Å². The summed E-state index contributed by atoms with van der Waals surface area (Å²) in [4.78, 5) is 39.5. The van der Waals surface area contributed by atoms with Gasteiger partial charge < -0.3 is 24.9 Å². The molecule has 0 aromatic heterocycles. The molecule has 0 spiro atoms. The van der Waals surface area contributed by atoms with E-state index in [1.54, 1.807) is 24.3 Å². The molecule has 2 aromatic rings. The van der Waals surface area contributed by atoms with Gasteiger partial charge in [-0.15, -0.1) is 0 Å². The predicted molar refractivity (Wildman–Crippen MR) is 126 cm³/mol. The van der Waals surface area contributed by atoms with E-state index in [0.717, 1.165) is 11.8 Å². The molecule has 0 heterocycles. The first-order chi connectivity index (χ1) is 16.0. The number of aliphatic hydroxyl groups excluding tert-OH is 1. The van der Waals surface area contributed by atoms with E-state index in [-0.39, 0.29) is 25.7 Å². The number of alkyl carbamates (subject to hydrolysis) is 1. The van der Waals surface area contributed by atoms with Crippen LogP contribution in [0, 0.1) is 5.92 Å². The summed E-state index contributed by atoms with van der Waals surface area (Å²) >= 11 is 0. The summed E-state index contributed by atoms with van der Waals surface area (Å²) in [5.41, 5.74) is 1.51. The third-order valence-corrected chi connectivity index (χ3v) is 5.28. The van der Waals surface area contributed by atoms with Gasteiger partial charge in [0.2, 0.25) is 5.91 Å². The second-order valence-electron chi connectivity index (χ2n) is 8.33. The molecular formula is C26H34N2O5. The van der Waals surface area contributed by atoms with Crippen molar-refractivity contribution in [3.63, 3.8) is 0 Å². The van der Waals surface area contributed by atoms with Gasteiger partial charge in [-0.2, -0.15) is 0 Å². The average Bonchev–Trinajstić information content (AvgIpc) is 2.83. The monoisotopic (exact) mass is 454 g/mol. The number of amides is 2. The van der Waals surface area contributed by atoms with Crippen LogP contribution in [-0.4, -0.2) is 47.5 Å². The van der Waals surface area contributed by atoms with E-state index in [2.05, 4.69) is 5.32 Å². The summed E-state index contributed by atoms with van der Waals surface area (Å²) < 4.78 is 5.32. The molecule has 2 rings (SSSR count). The minimum absolute atomic E-state index is 0.0902. The fourth-order valence-corrected chi connectivity index (χ4v) is 3.47. The number of aliphatic hydroxyl groups is 1. The SMILES string of the molecule is CC(C)CCC(NC(=O)OCc1ccccc1)C(=O)N(CCCO)C(C=O)c1ccccc1. The van der Waals surface area contributed by atoms with Gasteiger partial charge in [0.1, 0.15) is 25.0 Å². The predicted octanol–water partition coefficient (Wildman–Crippen LogP) is 3.87. The molecule has 7 nitrogen and oxygen atoms in total. The third-order valence-electron chi connectivity index (χ3n) is 5.28. The third kappa shape index (κ3) is 8.69. The Bertz CT molecular complexity index is 858. The summed E-state index contributed by atoms with van der Waals surface area (Å²) in [5.74, 6) is -0.0500. The highest BCUT2D eigenvalue weighted by Gasteiger charge is 2.31. The Balaban J connectivity index is 2.19. The lowest BCUT2D eigenvalue weighted by Gasteiger charge is -2.32. The van der Waals surface area contributed by atoms with Crippen LogP contribution in [0.1, 0.15) is 50.3 Å². The molecule has 0 fully saturated rings. The lowest BCUT2D eigenvalue weighted by Crippen LogP contribution is -2.50. The number of aldehydes is 1. The number of hydrogen-bond donors (Lipinski definition) is 2. The van der Waals surface area contributed by atoms with Crippen LogP contribution >= 0.6 is 0 Å². The van der Waals surface area contributed by atoms with Crippen molar-refractivity contribution in [2.75, 3.05) is 13.2 Å². The van der Waals surface area contributed by atoms with Gasteiger partial charge in [-0.05, 0) is 36.3 Å². The van der Waals surface area contributed by atoms with Crippen molar-refractivity contribution in [2.45, 2.75) is 51.8 Å². The van der Waals surface area contributed by atoms with Crippen molar-refractivity contribution in [1.29, 1.82) is 0 Å². The van der Waals surface area contributed by atoms with E-state index >= 15 is 0 Å². The zero-order valence-electron chi connectivity index (χ0n) is 19.4. The largest absolute Gasteiger partial charge is 0.445 e. The molecule has 0 bridgehead atoms. The number of benzene rings is 2. The molecule has 2 atom stereocenters. The Labute approximate surface area is 195 Å². The van der Waals surface area contributed by atoms with E-state index in [1.807, 2.05) is 50.2 Å². The van der Waals surface area contributed by atoms with Crippen molar-refractivity contribution < 1.29 is 24.2 Å². The second-order valence-corrected chi connectivity index (χ2v) is 8.33. The van der Waals surface area contributed by atoms with Gasteiger partial charge >= 0.3 is 6.09 Å². The number of ether oxygens (including phenoxy) is 1. The summed E-state index contributed by atoms with van der Waals surface area (Å²) in [5, 5.41) is 12.0. The van der Waals surface area contributed by atoms with Crippen LogP contribution in [0.2, 0.25) is 0 Å². The lowest BCUT2D eigenvalue weighted by molar-refractivity contribution is -0.139. The molecule has 2 N–H and O–H groups in total. The topological polar surface area (TPSA) is 95.9 Å². The lowest BCUT2D eigenvalue weighted by atomic mass is 10.00. The first-order valence-corrected chi connectivity index (χ1v) is 11.3. The molecule has 0 radical (unpaired) electrons. The second kappa shape index (κ2) is 14.1. The van der Waals surface area contributed by atoms with Crippen LogP contribution < -0.4 is 5.32 Å². The Morgan fingerprint density at radius 3 is 2.24 bits per heavy atom. The highest BCUT2D eigenvalue weighted by Crippen LogP contribution is 2.21. The number of carbonyl (C=O) groups is 3. The highest BCUT2D eigenvalue weighted by molar-refractivity contribution is 5.88. The van der Waals surface area contributed by atoms with Crippen LogP contribution in [-0.2, 0) is 20.9 Å². The summed E-state index contributed by atoms with van der Waals surface area (Å²) in [7, 11) is 0. The van der Waals surface area contributed by atoms with Gasteiger partial charge in [0, 0.05) is 13.2 Å². The van der Waals surface area contributed by atoms with Crippen LogP contribution in [0.15, 0.2) is 60.7 Å². The average molecular weight is 455 g/mol.